The Balaban J connectivity index is 2.94. The van der Waals surface area contributed by atoms with Crippen LogP contribution in [-0.2, 0) is 0 Å². The third-order valence-corrected chi connectivity index (χ3v) is 2.09. The number of fused-ring (bicyclic) bond motifs is 1. The van der Waals surface area contributed by atoms with E-state index in [-0.39, 0.29) is 5.82 Å². The number of hydrogen-bond acceptors (Lipinski definition) is 3. The first-order valence-corrected chi connectivity index (χ1v) is 4.20. The summed E-state index contributed by atoms with van der Waals surface area (Å²) in [6.07, 6.45) is 0. The number of hydrogen-bond donors (Lipinski definition) is 0. The summed E-state index contributed by atoms with van der Waals surface area (Å²) in [5.74, 6) is 0.149. The fourth-order valence-corrected chi connectivity index (χ4v) is 1.36. The largest absolute Gasteiger partial charge is 0.710 e. The third kappa shape index (κ3) is 1.14. The second-order valence-electron chi connectivity index (χ2n) is 3.21. The first-order chi connectivity index (χ1) is 6.59. The summed E-state index contributed by atoms with van der Waals surface area (Å²) in [6, 6.07) is 5.06. The third-order valence-electron chi connectivity index (χ3n) is 2.09. The van der Waals surface area contributed by atoms with E-state index in [2.05, 4.69) is 5.10 Å². The van der Waals surface area contributed by atoms with Crippen LogP contribution < -0.4 is 9.58 Å². The lowest BCUT2D eigenvalue weighted by Crippen LogP contribution is -2.44. The van der Waals surface area contributed by atoms with Gasteiger partial charge in [-0.2, -0.15) is 0 Å². The Labute approximate surface area is 80.4 Å². The lowest BCUT2D eigenvalue weighted by molar-refractivity contribution is -0.684. The fraction of sp³-hybridized carbons (Fsp3) is 0.222. The Morgan fingerprint density at radius 2 is 1.86 bits per heavy atom. The number of aromatic nitrogens is 3. The zero-order valence-electron chi connectivity index (χ0n) is 7.89. The van der Waals surface area contributed by atoms with Gasteiger partial charge in [-0.15, -0.1) is 0 Å². The minimum Gasteiger partial charge on any atom is -0.710 e. The van der Waals surface area contributed by atoms with Crippen LogP contribution in [0.5, 0.6) is 0 Å². The molecule has 14 heavy (non-hydrogen) atoms. The average molecular weight is 191 g/mol. The van der Waals surface area contributed by atoms with E-state index in [9.17, 15) is 10.4 Å². The van der Waals surface area contributed by atoms with Gasteiger partial charge in [-0.3, -0.25) is 0 Å². The van der Waals surface area contributed by atoms with E-state index in [0.29, 0.717) is 20.6 Å². The molecule has 1 aromatic carbocycles. The average Bonchev–Trinajstić information content (AvgIpc) is 2.14. The van der Waals surface area contributed by atoms with E-state index in [1.54, 1.807) is 18.2 Å². The molecule has 0 spiro atoms. The molecule has 2 aromatic rings. The topological polar surface area (TPSA) is 66.8 Å². The van der Waals surface area contributed by atoms with Crippen molar-refractivity contribution in [2.75, 3.05) is 0 Å². The first kappa shape index (κ1) is 8.68. The molecule has 72 valence electrons. The molecule has 5 nitrogen and oxygen atoms in total. The minimum atomic E-state index is 0.149. The predicted molar refractivity (Wildman–Crippen MR) is 49.1 cm³/mol. The van der Waals surface area contributed by atoms with Crippen LogP contribution in [0.1, 0.15) is 11.4 Å². The van der Waals surface area contributed by atoms with E-state index in [1.807, 2.05) is 6.92 Å². The van der Waals surface area contributed by atoms with E-state index < -0.39 is 0 Å². The van der Waals surface area contributed by atoms with Gasteiger partial charge in [-0.25, -0.2) is 4.73 Å². The Hall–Kier alpha value is -1.91. The molecular weight excluding hydrogens is 182 g/mol. The number of benzene rings is 1. The SMILES string of the molecule is Cc1ccc2c(c1)[n+]([O-])nc(C)[n+]2[O-]. The smallest absolute Gasteiger partial charge is 0.374 e. The molecule has 5 heteroatoms. The van der Waals surface area contributed by atoms with Crippen molar-refractivity contribution in [1.29, 1.82) is 0 Å². The molecule has 0 atom stereocenters. The summed E-state index contributed by atoms with van der Waals surface area (Å²) in [4.78, 5) is 0.478. The van der Waals surface area contributed by atoms with Crippen molar-refractivity contribution in [2.45, 2.75) is 13.8 Å². The maximum Gasteiger partial charge on any atom is 0.374 e. The van der Waals surface area contributed by atoms with Gasteiger partial charge >= 0.3 is 11.3 Å². The lowest BCUT2D eigenvalue weighted by Gasteiger charge is -2.05. The summed E-state index contributed by atoms with van der Waals surface area (Å²) < 4.78 is 0.656. The quantitative estimate of drug-likeness (QED) is 0.438. The van der Waals surface area contributed by atoms with Gasteiger partial charge in [0.15, 0.2) is 0 Å². The molecule has 0 N–H and O–H groups in total. The van der Waals surface area contributed by atoms with Gasteiger partial charge in [-0.05, 0) is 18.6 Å². The standard InChI is InChI=1S/C9H9N3O2/c1-6-3-4-8-9(5-6)12(14)10-7(2)11(8)13/h3-5H,1-2H3. The molecule has 0 fully saturated rings. The van der Waals surface area contributed by atoms with Gasteiger partial charge in [0.1, 0.15) is 0 Å². The van der Waals surface area contributed by atoms with Crippen molar-refractivity contribution in [3.8, 4) is 0 Å². The number of nitrogens with zero attached hydrogens (tertiary/aromatic N) is 3. The van der Waals surface area contributed by atoms with Crippen LogP contribution in [0.3, 0.4) is 0 Å². The molecule has 0 unspecified atom stereocenters. The van der Waals surface area contributed by atoms with Crippen molar-refractivity contribution in [1.82, 2.24) is 5.10 Å². The molecule has 0 amide bonds. The van der Waals surface area contributed by atoms with Crippen LogP contribution >= 0.6 is 0 Å². The van der Waals surface area contributed by atoms with Crippen LogP contribution in [0.15, 0.2) is 18.2 Å². The second-order valence-corrected chi connectivity index (χ2v) is 3.21. The van der Waals surface area contributed by atoms with Crippen LogP contribution in [0.25, 0.3) is 11.0 Å². The van der Waals surface area contributed by atoms with Crippen molar-refractivity contribution in [3.05, 3.63) is 40.0 Å². The monoisotopic (exact) mass is 191 g/mol. The number of rotatable bonds is 0. The Morgan fingerprint density at radius 1 is 1.14 bits per heavy atom. The molecule has 0 bridgehead atoms. The predicted octanol–water partition coefficient (Wildman–Crippen LogP) is 0.118. The summed E-state index contributed by atoms with van der Waals surface area (Å²) in [5.41, 5.74) is 1.57. The van der Waals surface area contributed by atoms with E-state index >= 15 is 0 Å². The van der Waals surface area contributed by atoms with E-state index in [4.69, 9.17) is 0 Å². The summed E-state index contributed by atoms with van der Waals surface area (Å²) in [7, 11) is 0. The van der Waals surface area contributed by atoms with Crippen LogP contribution in [0.2, 0.25) is 0 Å². The van der Waals surface area contributed by atoms with Crippen molar-refractivity contribution >= 4 is 11.0 Å². The van der Waals surface area contributed by atoms with Crippen molar-refractivity contribution < 1.29 is 9.58 Å². The van der Waals surface area contributed by atoms with Gasteiger partial charge in [0.05, 0.1) is 4.85 Å². The van der Waals surface area contributed by atoms with Crippen molar-refractivity contribution in [3.63, 3.8) is 0 Å². The van der Waals surface area contributed by atoms with Gasteiger partial charge in [0.25, 0.3) is 0 Å². The van der Waals surface area contributed by atoms with E-state index in [1.165, 1.54) is 6.92 Å². The Bertz CT molecular complexity index is 511. The molecule has 0 radical (unpaired) electrons. The van der Waals surface area contributed by atoms with Crippen molar-refractivity contribution in [2.24, 2.45) is 0 Å². The van der Waals surface area contributed by atoms with Crippen LogP contribution in [0, 0.1) is 24.3 Å². The summed E-state index contributed by atoms with van der Waals surface area (Å²) >= 11 is 0. The van der Waals surface area contributed by atoms with Gasteiger partial charge in [-0.1, -0.05) is 6.07 Å². The van der Waals surface area contributed by atoms with Gasteiger partial charge < -0.3 is 10.4 Å². The highest BCUT2D eigenvalue weighted by Gasteiger charge is 2.17. The highest BCUT2D eigenvalue weighted by atomic mass is 16.5. The maximum atomic E-state index is 11.5. The van der Waals surface area contributed by atoms with E-state index in [0.717, 1.165) is 5.56 Å². The van der Waals surface area contributed by atoms with Gasteiger partial charge in [0.2, 0.25) is 10.6 Å². The Kier molecular flexibility index (Phi) is 1.73. The summed E-state index contributed by atoms with van der Waals surface area (Å²) in [6.45, 7) is 3.36. The molecule has 0 aliphatic rings. The maximum absolute atomic E-state index is 11.5. The lowest BCUT2D eigenvalue weighted by atomic mass is 10.2. The number of aryl methyl sites for hydroxylation is 2. The zero-order valence-corrected chi connectivity index (χ0v) is 7.89. The molecule has 0 saturated carbocycles. The molecule has 2 rings (SSSR count). The molecule has 1 aromatic heterocycles. The minimum absolute atomic E-state index is 0.149. The molecule has 0 aliphatic carbocycles. The molecule has 1 heterocycles. The second kappa shape index (κ2) is 2.80. The Morgan fingerprint density at radius 3 is 2.57 bits per heavy atom. The van der Waals surface area contributed by atoms with Crippen LogP contribution in [-0.4, -0.2) is 5.10 Å². The highest BCUT2D eigenvalue weighted by molar-refractivity contribution is 5.68. The fourth-order valence-electron chi connectivity index (χ4n) is 1.36. The van der Waals surface area contributed by atoms with Crippen LogP contribution in [0.4, 0.5) is 0 Å². The highest BCUT2D eigenvalue weighted by Crippen LogP contribution is 2.07. The zero-order chi connectivity index (χ0) is 10.3. The first-order valence-electron chi connectivity index (χ1n) is 4.20. The van der Waals surface area contributed by atoms with Gasteiger partial charge in [0, 0.05) is 13.0 Å². The molecular formula is C9H9N3O2. The molecule has 0 saturated heterocycles. The summed E-state index contributed by atoms with van der Waals surface area (Å²) in [5, 5.41) is 26.4. The normalized spacial score (nSPS) is 10.7. The molecule has 0 aliphatic heterocycles.